The highest BCUT2D eigenvalue weighted by Gasteiger charge is 2.34. The van der Waals surface area contributed by atoms with Crippen LogP contribution >= 0.6 is 0 Å². The second kappa shape index (κ2) is 7.78. The molecule has 2 aromatic heterocycles. The van der Waals surface area contributed by atoms with Crippen molar-refractivity contribution in [1.29, 1.82) is 0 Å². The predicted octanol–water partition coefficient (Wildman–Crippen LogP) is 0.776. The summed E-state index contributed by atoms with van der Waals surface area (Å²) in [5.41, 5.74) is 2.88. The number of nitrogens with zero attached hydrogens (tertiary/aromatic N) is 3. The molecule has 1 aliphatic heterocycles. The number of rotatable bonds is 5. The number of β-amino-alcohol motifs (C(OH)–C–C–N with tert-alkyl or cyclic N) is 1. The van der Waals surface area contributed by atoms with Gasteiger partial charge in [-0.3, -0.25) is 9.78 Å². The predicted molar refractivity (Wildman–Crippen MR) is 96.7 cm³/mol. The van der Waals surface area contributed by atoms with Gasteiger partial charge in [0.2, 0.25) is 5.91 Å². The number of carbonyl (C=O) groups excluding carboxylic acids is 1. The number of aromatic nitrogens is 3. The Kier molecular flexibility index (Phi) is 5.46. The zero-order valence-corrected chi connectivity index (χ0v) is 15.1. The number of pyridine rings is 1. The molecule has 3 rings (SSSR count). The summed E-state index contributed by atoms with van der Waals surface area (Å²) in [5.74, 6) is 0.0182. The highest BCUT2D eigenvalue weighted by atomic mass is 16.3. The Morgan fingerprint density at radius 1 is 1.35 bits per heavy atom. The summed E-state index contributed by atoms with van der Waals surface area (Å²) in [4.78, 5) is 36.5. The van der Waals surface area contributed by atoms with E-state index in [4.69, 9.17) is 0 Å². The Hall–Kier alpha value is -2.54. The molecule has 2 atom stereocenters. The van der Waals surface area contributed by atoms with Crippen molar-refractivity contribution in [2.45, 2.75) is 39.2 Å². The van der Waals surface area contributed by atoms with E-state index in [0.717, 1.165) is 17.0 Å². The lowest BCUT2D eigenvalue weighted by Crippen LogP contribution is -2.30. The molecule has 0 spiro atoms. The van der Waals surface area contributed by atoms with Crippen LogP contribution in [0.2, 0.25) is 0 Å². The molecule has 0 unspecified atom stereocenters. The molecule has 0 radical (unpaired) electrons. The molecule has 26 heavy (non-hydrogen) atoms. The number of aliphatic hydroxyl groups excluding tert-OH is 1. The van der Waals surface area contributed by atoms with Crippen LogP contribution < -0.4 is 5.69 Å². The summed E-state index contributed by atoms with van der Waals surface area (Å²) in [6.07, 6.45) is 2.73. The highest BCUT2D eigenvalue weighted by Crippen LogP contribution is 2.22. The van der Waals surface area contributed by atoms with E-state index in [1.807, 2.05) is 25.1 Å². The van der Waals surface area contributed by atoms with E-state index in [1.54, 1.807) is 18.0 Å². The van der Waals surface area contributed by atoms with Crippen LogP contribution in [0.25, 0.3) is 0 Å². The van der Waals surface area contributed by atoms with Crippen LogP contribution in [0.4, 0.5) is 0 Å². The van der Waals surface area contributed by atoms with Gasteiger partial charge in [-0.2, -0.15) is 4.98 Å². The lowest BCUT2D eigenvalue weighted by atomic mass is 10.00. The third kappa shape index (κ3) is 4.16. The molecule has 0 aliphatic carbocycles. The monoisotopic (exact) mass is 356 g/mol. The largest absolute Gasteiger partial charge is 0.391 e. The molecule has 3 heterocycles. The van der Waals surface area contributed by atoms with Gasteiger partial charge >= 0.3 is 5.69 Å². The normalized spacial score (nSPS) is 19.7. The lowest BCUT2D eigenvalue weighted by Gasteiger charge is -2.17. The van der Waals surface area contributed by atoms with Gasteiger partial charge < -0.3 is 15.0 Å². The minimum absolute atomic E-state index is 0.00655. The summed E-state index contributed by atoms with van der Waals surface area (Å²) in [6.45, 7) is 4.50. The maximum Gasteiger partial charge on any atom is 0.345 e. The van der Waals surface area contributed by atoms with Crippen molar-refractivity contribution < 1.29 is 9.90 Å². The van der Waals surface area contributed by atoms with Gasteiger partial charge in [0, 0.05) is 48.7 Å². The van der Waals surface area contributed by atoms with Crippen LogP contribution in [0, 0.1) is 19.8 Å². The fraction of sp³-hybridized carbons (Fsp3) is 0.474. The number of hydrogen-bond donors (Lipinski definition) is 2. The van der Waals surface area contributed by atoms with Crippen molar-refractivity contribution in [3.8, 4) is 0 Å². The maximum atomic E-state index is 12.6. The van der Waals surface area contributed by atoms with E-state index in [2.05, 4.69) is 15.0 Å². The van der Waals surface area contributed by atoms with Crippen LogP contribution in [-0.2, 0) is 17.6 Å². The number of H-pyrrole nitrogens is 1. The molecule has 1 fully saturated rings. The van der Waals surface area contributed by atoms with Crippen molar-refractivity contribution in [2.75, 3.05) is 13.1 Å². The van der Waals surface area contributed by atoms with Crippen molar-refractivity contribution >= 4 is 5.91 Å². The molecule has 1 saturated heterocycles. The van der Waals surface area contributed by atoms with Gasteiger partial charge in [-0.15, -0.1) is 0 Å². The quantitative estimate of drug-likeness (QED) is 0.825. The first-order valence-electron chi connectivity index (χ1n) is 8.86. The van der Waals surface area contributed by atoms with Gasteiger partial charge in [-0.05, 0) is 44.4 Å². The Morgan fingerprint density at radius 2 is 2.15 bits per heavy atom. The van der Waals surface area contributed by atoms with Gasteiger partial charge in [-0.25, -0.2) is 4.79 Å². The molecule has 0 aromatic carbocycles. The first kappa shape index (κ1) is 18.3. The SMILES string of the molecule is Cc1nc(=O)[nH]c(C)c1CCC(=O)N1C[C@@H](Cc2ccccn2)[C@H](O)C1. The average molecular weight is 356 g/mol. The fourth-order valence-corrected chi connectivity index (χ4v) is 3.56. The van der Waals surface area contributed by atoms with E-state index in [1.165, 1.54) is 0 Å². The second-order valence-corrected chi connectivity index (χ2v) is 6.88. The van der Waals surface area contributed by atoms with E-state index < -0.39 is 6.10 Å². The number of nitrogens with one attached hydrogen (secondary N) is 1. The first-order valence-corrected chi connectivity index (χ1v) is 8.86. The highest BCUT2D eigenvalue weighted by molar-refractivity contribution is 5.77. The first-order chi connectivity index (χ1) is 12.4. The van der Waals surface area contributed by atoms with Crippen LogP contribution in [0.5, 0.6) is 0 Å². The van der Waals surface area contributed by atoms with Crippen molar-refractivity contribution in [2.24, 2.45) is 5.92 Å². The minimum Gasteiger partial charge on any atom is -0.391 e. The molecular weight excluding hydrogens is 332 g/mol. The number of carbonyl (C=O) groups is 1. The van der Waals surface area contributed by atoms with Crippen LogP contribution in [0.3, 0.4) is 0 Å². The Bertz CT molecular complexity index is 808. The third-order valence-electron chi connectivity index (χ3n) is 5.00. The number of aryl methyl sites for hydroxylation is 2. The third-order valence-corrected chi connectivity index (χ3v) is 5.00. The number of likely N-dealkylation sites (tertiary alicyclic amines) is 1. The molecule has 7 heteroatoms. The molecule has 0 saturated carbocycles. The topological polar surface area (TPSA) is 99.2 Å². The molecule has 138 valence electrons. The van der Waals surface area contributed by atoms with Gasteiger partial charge in [0.1, 0.15) is 0 Å². The Balaban J connectivity index is 1.58. The zero-order valence-electron chi connectivity index (χ0n) is 15.1. The van der Waals surface area contributed by atoms with Gasteiger partial charge in [-0.1, -0.05) is 6.07 Å². The van der Waals surface area contributed by atoms with E-state index in [9.17, 15) is 14.7 Å². The molecule has 1 amide bonds. The van der Waals surface area contributed by atoms with Gasteiger partial charge in [0.25, 0.3) is 0 Å². The van der Waals surface area contributed by atoms with Crippen LogP contribution in [0.15, 0.2) is 29.2 Å². The van der Waals surface area contributed by atoms with Gasteiger partial charge in [0.05, 0.1) is 6.10 Å². The molecule has 2 N–H and O–H groups in total. The molecular formula is C19H24N4O3. The molecule has 1 aliphatic rings. The standard InChI is InChI=1S/C19H24N4O3/c1-12-16(13(2)22-19(26)21-12)6-7-18(25)23-10-14(17(24)11-23)9-15-5-3-4-8-20-15/h3-5,8,14,17,24H,6-7,9-11H2,1-2H3,(H,21,22,26)/t14-,17-/m1/s1. The second-order valence-electron chi connectivity index (χ2n) is 6.88. The molecule has 2 aromatic rings. The number of hydrogen-bond acceptors (Lipinski definition) is 5. The maximum absolute atomic E-state index is 12.6. The fourth-order valence-electron chi connectivity index (χ4n) is 3.56. The summed E-state index contributed by atoms with van der Waals surface area (Å²) < 4.78 is 0. The van der Waals surface area contributed by atoms with Crippen molar-refractivity contribution in [1.82, 2.24) is 19.9 Å². The smallest absolute Gasteiger partial charge is 0.345 e. The number of aliphatic hydroxyl groups is 1. The zero-order chi connectivity index (χ0) is 18.7. The van der Waals surface area contributed by atoms with E-state index in [-0.39, 0.29) is 17.5 Å². The van der Waals surface area contributed by atoms with Crippen molar-refractivity contribution in [3.63, 3.8) is 0 Å². The van der Waals surface area contributed by atoms with Crippen LogP contribution in [-0.4, -0.2) is 50.1 Å². The molecule has 7 nitrogen and oxygen atoms in total. The van der Waals surface area contributed by atoms with Crippen molar-refractivity contribution in [3.05, 3.63) is 57.5 Å². The summed E-state index contributed by atoms with van der Waals surface area (Å²) in [7, 11) is 0. The summed E-state index contributed by atoms with van der Waals surface area (Å²) >= 11 is 0. The van der Waals surface area contributed by atoms with Gasteiger partial charge in [0.15, 0.2) is 0 Å². The Labute approximate surface area is 152 Å². The minimum atomic E-state index is -0.529. The van der Waals surface area contributed by atoms with E-state index in [0.29, 0.717) is 38.0 Å². The molecule has 0 bridgehead atoms. The lowest BCUT2D eigenvalue weighted by molar-refractivity contribution is -0.130. The average Bonchev–Trinajstić information content (AvgIpc) is 2.95. The Morgan fingerprint density at radius 3 is 2.85 bits per heavy atom. The summed E-state index contributed by atoms with van der Waals surface area (Å²) in [5, 5.41) is 10.3. The number of amides is 1. The van der Waals surface area contributed by atoms with Crippen LogP contribution in [0.1, 0.15) is 29.1 Å². The number of aromatic amines is 1. The van der Waals surface area contributed by atoms with E-state index >= 15 is 0 Å². The summed E-state index contributed by atoms with van der Waals surface area (Å²) in [6, 6.07) is 5.72.